The number of aliphatic hydroxyl groups is 2. The van der Waals surface area contributed by atoms with E-state index in [1.165, 1.54) is 109 Å². The van der Waals surface area contributed by atoms with Crippen molar-refractivity contribution < 1.29 is 15.0 Å². The minimum absolute atomic E-state index is 0.0989. The summed E-state index contributed by atoms with van der Waals surface area (Å²) in [4.78, 5) is 12.4. The molecule has 0 saturated heterocycles. The van der Waals surface area contributed by atoms with Crippen molar-refractivity contribution in [1.29, 1.82) is 0 Å². The number of unbranched alkanes of at least 4 members (excludes halogenated alkanes) is 21. The van der Waals surface area contributed by atoms with Crippen LogP contribution in [0.15, 0.2) is 97.2 Å². The van der Waals surface area contributed by atoms with Gasteiger partial charge in [0.2, 0.25) is 5.91 Å². The molecular formula is C53H91NO3. The minimum atomic E-state index is -0.860. The first-order valence-electron chi connectivity index (χ1n) is 24.0. The number of hydrogen-bond donors (Lipinski definition) is 3. The summed E-state index contributed by atoms with van der Waals surface area (Å²) in [5, 5.41) is 23.1. The van der Waals surface area contributed by atoms with Crippen LogP contribution in [0.4, 0.5) is 0 Å². The Bertz CT molecular complexity index is 1080. The molecule has 57 heavy (non-hydrogen) atoms. The fraction of sp³-hybridized carbons (Fsp3) is 0.679. The lowest BCUT2D eigenvalue weighted by atomic mass is 10.0. The molecule has 0 aliphatic heterocycles. The molecule has 0 spiro atoms. The molecule has 0 radical (unpaired) electrons. The summed E-state index contributed by atoms with van der Waals surface area (Å²) in [6.07, 6.45) is 70.9. The van der Waals surface area contributed by atoms with Gasteiger partial charge in [-0.15, -0.1) is 0 Å². The highest BCUT2D eigenvalue weighted by Gasteiger charge is 2.17. The summed E-state index contributed by atoms with van der Waals surface area (Å²) < 4.78 is 0. The van der Waals surface area contributed by atoms with Gasteiger partial charge in [0.15, 0.2) is 0 Å². The summed E-state index contributed by atoms with van der Waals surface area (Å²) in [7, 11) is 0. The second kappa shape index (κ2) is 47.7. The van der Waals surface area contributed by atoms with E-state index >= 15 is 0 Å². The van der Waals surface area contributed by atoms with Crippen molar-refractivity contribution in [3.05, 3.63) is 97.2 Å². The Morgan fingerprint density at radius 2 is 0.772 bits per heavy atom. The van der Waals surface area contributed by atoms with Gasteiger partial charge in [0, 0.05) is 6.42 Å². The molecule has 0 saturated carbocycles. The molecule has 0 aliphatic rings. The van der Waals surface area contributed by atoms with Crippen molar-refractivity contribution >= 4 is 5.91 Å². The van der Waals surface area contributed by atoms with Gasteiger partial charge in [0.1, 0.15) is 0 Å². The maximum absolute atomic E-state index is 12.4. The highest BCUT2D eigenvalue weighted by Crippen LogP contribution is 2.15. The monoisotopic (exact) mass is 790 g/mol. The number of carbonyl (C=O) groups excluding carboxylic acids is 1. The van der Waals surface area contributed by atoms with E-state index in [1.54, 1.807) is 6.08 Å². The molecule has 0 heterocycles. The average Bonchev–Trinajstić information content (AvgIpc) is 3.22. The molecule has 2 unspecified atom stereocenters. The van der Waals surface area contributed by atoms with E-state index in [-0.39, 0.29) is 12.5 Å². The third-order valence-electron chi connectivity index (χ3n) is 10.3. The summed E-state index contributed by atoms with van der Waals surface area (Å²) in [5.41, 5.74) is 0. The lowest BCUT2D eigenvalue weighted by molar-refractivity contribution is -0.123. The van der Waals surface area contributed by atoms with Crippen LogP contribution in [0.1, 0.15) is 213 Å². The molecule has 0 aromatic rings. The Hall–Kier alpha value is -2.69. The van der Waals surface area contributed by atoms with Crippen LogP contribution in [0.25, 0.3) is 0 Å². The van der Waals surface area contributed by atoms with Crippen LogP contribution in [0.2, 0.25) is 0 Å². The molecule has 4 heteroatoms. The first kappa shape index (κ1) is 54.3. The zero-order valence-electron chi connectivity index (χ0n) is 37.3. The molecule has 0 aromatic carbocycles. The molecule has 0 aliphatic carbocycles. The number of aliphatic hydroxyl groups excluding tert-OH is 2. The largest absolute Gasteiger partial charge is 0.394 e. The first-order chi connectivity index (χ1) is 28.2. The average molecular weight is 790 g/mol. The third kappa shape index (κ3) is 44.3. The summed E-state index contributed by atoms with van der Waals surface area (Å²) in [6, 6.07) is -0.647. The second-order valence-electron chi connectivity index (χ2n) is 15.8. The van der Waals surface area contributed by atoms with E-state index in [9.17, 15) is 15.0 Å². The van der Waals surface area contributed by atoms with E-state index in [4.69, 9.17) is 0 Å². The van der Waals surface area contributed by atoms with Crippen LogP contribution in [-0.2, 0) is 4.79 Å². The Balaban J connectivity index is 3.69. The number of nitrogens with one attached hydrogen (secondary N) is 1. The zero-order valence-corrected chi connectivity index (χ0v) is 37.3. The fourth-order valence-corrected chi connectivity index (χ4v) is 6.69. The molecule has 4 nitrogen and oxygen atoms in total. The van der Waals surface area contributed by atoms with Crippen LogP contribution in [-0.4, -0.2) is 34.9 Å². The van der Waals surface area contributed by atoms with Crippen molar-refractivity contribution in [3.63, 3.8) is 0 Å². The van der Waals surface area contributed by atoms with E-state index < -0.39 is 12.1 Å². The van der Waals surface area contributed by atoms with Gasteiger partial charge >= 0.3 is 0 Å². The maximum atomic E-state index is 12.4. The number of rotatable bonds is 42. The van der Waals surface area contributed by atoms with Crippen molar-refractivity contribution in [2.45, 2.75) is 225 Å². The SMILES string of the molecule is CC/C=C\C/C=C\C/C=C\C/C=C\C/C=C\C/C=C\C/C=C\CCCCCC(=O)NC(CO)C(O)/C=C/CCCCCCCCCCCCCCCCCCCC. The molecule has 1 amide bonds. The Kier molecular flexibility index (Phi) is 45.4. The van der Waals surface area contributed by atoms with Crippen molar-refractivity contribution in [2.24, 2.45) is 0 Å². The number of carbonyl (C=O) groups is 1. The molecule has 3 N–H and O–H groups in total. The van der Waals surface area contributed by atoms with Crippen LogP contribution in [0.5, 0.6) is 0 Å². The molecule has 2 atom stereocenters. The topological polar surface area (TPSA) is 69.6 Å². The summed E-state index contributed by atoms with van der Waals surface area (Å²) >= 11 is 0. The van der Waals surface area contributed by atoms with Gasteiger partial charge in [0.25, 0.3) is 0 Å². The highest BCUT2D eigenvalue weighted by molar-refractivity contribution is 5.76. The van der Waals surface area contributed by atoms with E-state index in [0.717, 1.165) is 83.5 Å². The van der Waals surface area contributed by atoms with Gasteiger partial charge < -0.3 is 15.5 Å². The van der Waals surface area contributed by atoms with Crippen LogP contribution in [0.3, 0.4) is 0 Å². The van der Waals surface area contributed by atoms with Crippen LogP contribution >= 0.6 is 0 Å². The third-order valence-corrected chi connectivity index (χ3v) is 10.3. The Labute approximate surface area is 353 Å². The van der Waals surface area contributed by atoms with E-state index in [1.807, 2.05) is 6.08 Å². The van der Waals surface area contributed by atoms with Crippen LogP contribution < -0.4 is 5.32 Å². The maximum Gasteiger partial charge on any atom is 0.220 e. The van der Waals surface area contributed by atoms with Gasteiger partial charge in [-0.1, -0.05) is 227 Å². The predicted molar refractivity (Wildman–Crippen MR) is 253 cm³/mol. The summed E-state index contributed by atoms with van der Waals surface area (Å²) in [6.45, 7) is 4.18. The van der Waals surface area contributed by atoms with E-state index in [2.05, 4.69) is 104 Å². The Morgan fingerprint density at radius 3 is 1.16 bits per heavy atom. The molecule has 0 bridgehead atoms. The molecule has 0 aromatic heterocycles. The normalized spacial score (nSPS) is 13.8. The smallest absolute Gasteiger partial charge is 0.220 e. The van der Waals surface area contributed by atoms with Gasteiger partial charge in [-0.2, -0.15) is 0 Å². The number of allylic oxidation sites excluding steroid dienone is 15. The van der Waals surface area contributed by atoms with Gasteiger partial charge in [-0.25, -0.2) is 0 Å². The predicted octanol–water partition coefficient (Wildman–Crippen LogP) is 15.4. The van der Waals surface area contributed by atoms with Gasteiger partial charge in [-0.05, 0) is 77.0 Å². The van der Waals surface area contributed by atoms with Crippen LogP contribution in [0, 0.1) is 0 Å². The molecular weight excluding hydrogens is 699 g/mol. The highest BCUT2D eigenvalue weighted by atomic mass is 16.3. The minimum Gasteiger partial charge on any atom is -0.394 e. The Morgan fingerprint density at radius 1 is 0.439 bits per heavy atom. The number of amides is 1. The lowest BCUT2D eigenvalue weighted by Gasteiger charge is -2.19. The fourth-order valence-electron chi connectivity index (χ4n) is 6.69. The standard InChI is InChI=1S/C53H91NO3/c1-3-5-7-9-11-13-15-17-19-21-23-25-26-27-28-29-31-33-35-37-39-41-43-45-47-49-53(57)54-51(50-55)52(56)48-46-44-42-40-38-36-34-32-30-24-22-20-18-16-14-12-10-8-6-4-2/h5,7,11,13,17,19,23,25,27-28,31,33,37,39,46,48,51-52,55-56H,3-4,6,8-10,12,14-16,18,20-22,24,26,29-30,32,34-36,38,40-45,47,49-50H2,1-2H3,(H,54,57)/b7-5-,13-11-,19-17-,25-23-,28-27-,33-31-,39-37-,48-46+. The molecule has 0 fully saturated rings. The van der Waals surface area contributed by atoms with Crippen molar-refractivity contribution in [3.8, 4) is 0 Å². The number of hydrogen-bond acceptors (Lipinski definition) is 3. The molecule has 0 rings (SSSR count). The van der Waals surface area contributed by atoms with Crippen molar-refractivity contribution in [2.75, 3.05) is 6.61 Å². The lowest BCUT2D eigenvalue weighted by Crippen LogP contribution is -2.45. The van der Waals surface area contributed by atoms with E-state index in [0.29, 0.717) is 6.42 Å². The first-order valence-corrected chi connectivity index (χ1v) is 24.0. The zero-order chi connectivity index (χ0) is 41.4. The summed E-state index contributed by atoms with van der Waals surface area (Å²) in [5.74, 6) is -0.0989. The quantitative estimate of drug-likeness (QED) is 0.0426. The van der Waals surface area contributed by atoms with Gasteiger partial charge in [-0.3, -0.25) is 4.79 Å². The van der Waals surface area contributed by atoms with Crippen molar-refractivity contribution in [1.82, 2.24) is 5.32 Å². The van der Waals surface area contributed by atoms with Gasteiger partial charge in [0.05, 0.1) is 18.8 Å². The second-order valence-corrected chi connectivity index (χ2v) is 15.8. The molecule has 326 valence electrons.